The predicted octanol–water partition coefficient (Wildman–Crippen LogP) is 7.49. The Labute approximate surface area is 161 Å². The van der Waals surface area contributed by atoms with Crippen molar-refractivity contribution in [1.29, 1.82) is 0 Å². The molecule has 0 amide bonds. The number of carbonyl (C=O) groups is 1. The number of carbonyl (C=O) groups excluding carboxylic acids is 1. The highest BCUT2D eigenvalue weighted by atomic mass is 16.1. The van der Waals surface area contributed by atoms with Crippen molar-refractivity contribution < 1.29 is 4.79 Å². The zero-order chi connectivity index (χ0) is 18.9. The summed E-state index contributed by atoms with van der Waals surface area (Å²) in [6.07, 6.45) is 22.1. The second-order valence-electron chi connectivity index (χ2n) is 7.38. The Bertz CT molecular complexity index is 489. The van der Waals surface area contributed by atoms with Gasteiger partial charge >= 0.3 is 0 Å². The maximum absolute atomic E-state index is 12.0. The van der Waals surface area contributed by atoms with E-state index in [4.69, 9.17) is 5.73 Å². The Morgan fingerprint density at radius 3 is 1.85 bits per heavy atom. The lowest BCUT2D eigenvalue weighted by Gasteiger charge is -2.02. The highest BCUT2D eigenvalue weighted by Crippen LogP contribution is 2.13. The van der Waals surface area contributed by atoms with Gasteiger partial charge < -0.3 is 5.73 Å². The predicted molar refractivity (Wildman–Crippen MR) is 115 cm³/mol. The average molecular weight is 358 g/mol. The standard InChI is InChI=1S/C24H39NO/c1-2-3-4-5-6-7-8-9-10-11-12-13-14-15-16-17-24(26)22-18-20-23(25)21-19-22/h9-10,18-21H,2-8,11-17,25H2,1H3. The third-order valence-electron chi connectivity index (χ3n) is 4.90. The normalized spacial score (nSPS) is 11.3. The van der Waals surface area contributed by atoms with Gasteiger partial charge in [0.25, 0.3) is 0 Å². The number of rotatable bonds is 16. The molecule has 0 heterocycles. The summed E-state index contributed by atoms with van der Waals surface area (Å²) in [7, 11) is 0. The molecule has 1 aromatic rings. The minimum Gasteiger partial charge on any atom is -0.399 e. The first-order valence-corrected chi connectivity index (χ1v) is 10.8. The Hall–Kier alpha value is -1.57. The summed E-state index contributed by atoms with van der Waals surface area (Å²) < 4.78 is 0. The lowest BCUT2D eigenvalue weighted by Crippen LogP contribution is -1.99. The van der Waals surface area contributed by atoms with E-state index >= 15 is 0 Å². The summed E-state index contributed by atoms with van der Waals surface area (Å²) in [5, 5.41) is 0. The van der Waals surface area contributed by atoms with Gasteiger partial charge in [0.2, 0.25) is 0 Å². The fourth-order valence-electron chi connectivity index (χ4n) is 3.17. The van der Waals surface area contributed by atoms with Gasteiger partial charge in [-0.3, -0.25) is 4.79 Å². The number of benzene rings is 1. The largest absolute Gasteiger partial charge is 0.399 e. The van der Waals surface area contributed by atoms with E-state index in [0.29, 0.717) is 12.1 Å². The molecule has 2 nitrogen and oxygen atoms in total. The Morgan fingerprint density at radius 1 is 0.769 bits per heavy atom. The summed E-state index contributed by atoms with van der Waals surface area (Å²) in [5.41, 5.74) is 7.14. The van der Waals surface area contributed by atoms with E-state index in [1.54, 1.807) is 12.1 Å². The van der Waals surface area contributed by atoms with Gasteiger partial charge in [-0.1, -0.05) is 70.4 Å². The van der Waals surface area contributed by atoms with Crippen LogP contribution in [0.5, 0.6) is 0 Å². The summed E-state index contributed by atoms with van der Waals surface area (Å²) >= 11 is 0. The number of hydrogen-bond donors (Lipinski definition) is 1. The number of nitrogen functional groups attached to an aromatic ring is 1. The molecule has 146 valence electrons. The van der Waals surface area contributed by atoms with E-state index in [9.17, 15) is 4.79 Å². The molecule has 0 aliphatic heterocycles. The minimum absolute atomic E-state index is 0.239. The van der Waals surface area contributed by atoms with Crippen LogP contribution in [-0.4, -0.2) is 5.78 Å². The molecular formula is C24H39NO. The van der Waals surface area contributed by atoms with Crippen molar-refractivity contribution in [3.8, 4) is 0 Å². The molecule has 0 aromatic heterocycles. The van der Waals surface area contributed by atoms with E-state index in [1.165, 1.54) is 70.6 Å². The molecule has 0 saturated carbocycles. The van der Waals surface area contributed by atoms with Crippen LogP contribution in [-0.2, 0) is 0 Å². The van der Waals surface area contributed by atoms with Crippen molar-refractivity contribution in [2.75, 3.05) is 5.73 Å². The number of hydrogen-bond acceptors (Lipinski definition) is 2. The van der Waals surface area contributed by atoms with Gasteiger partial charge in [0, 0.05) is 17.7 Å². The molecule has 0 atom stereocenters. The van der Waals surface area contributed by atoms with E-state index < -0.39 is 0 Å². The van der Waals surface area contributed by atoms with Crippen LogP contribution in [0.25, 0.3) is 0 Å². The fourth-order valence-corrected chi connectivity index (χ4v) is 3.17. The van der Waals surface area contributed by atoms with E-state index in [0.717, 1.165) is 18.4 Å². The smallest absolute Gasteiger partial charge is 0.162 e. The molecule has 2 N–H and O–H groups in total. The third kappa shape index (κ3) is 11.9. The molecule has 26 heavy (non-hydrogen) atoms. The third-order valence-corrected chi connectivity index (χ3v) is 4.90. The summed E-state index contributed by atoms with van der Waals surface area (Å²) in [6.45, 7) is 2.27. The molecular weight excluding hydrogens is 318 g/mol. The quantitative estimate of drug-likeness (QED) is 0.144. The van der Waals surface area contributed by atoms with Crippen LogP contribution < -0.4 is 5.73 Å². The molecule has 0 unspecified atom stereocenters. The number of ketones is 1. The van der Waals surface area contributed by atoms with Crippen LogP contribution in [0.3, 0.4) is 0 Å². The molecule has 2 heteroatoms. The number of unbranched alkanes of at least 4 members (excludes halogenated alkanes) is 11. The lowest BCUT2D eigenvalue weighted by atomic mass is 10.0. The van der Waals surface area contributed by atoms with Gasteiger partial charge in [0.1, 0.15) is 0 Å². The molecule has 1 rings (SSSR count). The molecule has 0 fully saturated rings. The Balaban J connectivity index is 1.88. The molecule has 1 aromatic carbocycles. The van der Waals surface area contributed by atoms with Crippen molar-refractivity contribution in [2.24, 2.45) is 0 Å². The minimum atomic E-state index is 0.239. The Kier molecular flexibility index (Phi) is 13.5. The summed E-state index contributed by atoms with van der Waals surface area (Å²) in [5.74, 6) is 0.239. The number of allylic oxidation sites excluding steroid dienone is 2. The van der Waals surface area contributed by atoms with E-state index in [2.05, 4.69) is 19.1 Å². The summed E-state index contributed by atoms with van der Waals surface area (Å²) in [4.78, 5) is 12.0. The highest BCUT2D eigenvalue weighted by molar-refractivity contribution is 5.96. The van der Waals surface area contributed by atoms with Crippen molar-refractivity contribution in [2.45, 2.75) is 96.8 Å². The van der Waals surface area contributed by atoms with E-state index in [1.807, 2.05) is 12.1 Å². The zero-order valence-electron chi connectivity index (χ0n) is 16.8. The molecule has 0 aliphatic rings. The second-order valence-corrected chi connectivity index (χ2v) is 7.38. The van der Waals surface area contributed by atoms with Crippen LogP contribution in [0.4, 0.5) is 5.69 Å². The van der Waals surface area contributed by atoms with Crippen LogP contribution in [0.1, 0.15) is 107 Å². The first kappa shape index (κ1) is 22.5. The molecule has 0 bridgehead atoms. The maximum Gasteiger partial charge on any atom is 0.162 e. The monoisotopic (exact) mass is 357 g/mol. The van der Waals surface area contributed by atoms with E-state index in [-0.39, 0.29) is 5.78 Å². The van der Waals surface area contributed by atoms with Crippen molar-refractivity contribution in [1.82, 2.24) is 0 Å². The maximum atomic E-state index is 12.0. The van der Waals surface area contributed by atoms with Gasteiger partial charge in [-0.05, 0) is 56.4 Å². The van der Waals surface area contributed by atoms with Crippen molar-refractivity contribution in [3.05, 3.63) is 42.0 Å². The summed E-state index contributed by atoms with van der Waals surface area (Å²) in [6, 6.07) is 7.25. The first-order valence-electron chi connectivity index (χ1n) is 10.8. The van der Waals surface area contributed by atoms with Gasteiger partial charge in [0.15, 0.2) is 5.78 Å². The van der Waals surface area contributed by atoms with Gasteiger partial charge in [-0.2, -0.15) is 0 Å². The first-order chi connectivity index (χ1) is 12.7. The van der Waals surface area contributed by atoms with Crippen LogP contribution >= 0.6 is 0 Å². The number of Topliss-reactive ketones (excluding diaryl/α,β-unsaturated/α-hetero) is 1. The fraction of sp³-hybridized carbons (Fsp3) is 0.625. The number of nitrogens with two attached hydrogens (primary N) is 1. The van der Waals surface area contributed by atoms with Gasteiger partial charge in [-0.25, -0.2) is 0 Å². The van der Waals surface area contributed by atoms with Gasteiger partial charge in [-0.15, -0.1) is 0 Å². The molecule has 0 aliphatic carbocycles. The van der Waals surface area contributed by atoms with Crippen molar-refractivity contribution >= 4 is 11.5 Å². The average Bonchev–Trinajstić information content (AvgIpc) is 2.65. The van der Waals surface area contributed by atoms with Crippen LogP contribution in [0, 0.1) is 0 Å². The lowest BCUT2D eigenvalue weighted by molar-refractivity contribution is 0.0979. The van der Waals surface area contributed by atoms with Crippen LogP contribution in [0.15, 0.2) is 36.4 Å². The molecule has 0 radical (unpaired) electrons. The SMILES string of the molecule is CCCCCCCCC=CCCCCCCCC(=O)c1ccc(N)cc1. The molecule has 0 saturated heterocycles. The Morgan fingerprint density at radius 2 is 1.27 bits per heavy atom. The van der Waals surface area contributed by atoms with Crippen molar-refractivity contribution in [3.63, 3.8) is 0 Å². The zero-order valence-corrected chi connectivity index (χ0v) is 16.8. The second kappa shape index (κ2) is 15.7. The number of anilines is 1. The highest BCUT2D eigenvalue weighted by Gasteiger charge is 2.04. The molecule has 0 spiro atoms. The van der Waals surface area contributed by atoms with Gasteiger partial charge in [0.05, 0.1) is 0 Å². The topological polar surface area (TPSA) is 43.1 Å². The van der Waals surface area contributed by atoms with Crippen LogP contribution in [0.2, 0.25) is 0 Å².